The summed E-state index contributed by atoms with van der Waals surface area (Å²) in [6.45, 7) is 5.62. The predicted molar refractivity (Wildman–Crippen MR) is 78.9 cm³/mol. The molecule has 20 heavy (non-hydrogen) atoms. The summed E-state index contributed by atoms with van der Waals surface area (Å²) in [4.78, 5) is 23.5. The van der Waals surface area contributed by atoms with Gasteiger partial charge in [0, 0.05) is 5.69 Å². The van der Waals surface area contributed by atoms with Crippen LogP contribution in [0, 0.1) is 5.41 Å². The molecule has 1 atom stereocenters. The molecule has 6 heteroatoms. The van der Waals surface area contributed by atoms with Gasteiger partial charge >= 0.3 is 5.97 Å². The minimum absolute atomic E-state index is 0.191. The van der Waals surface area contributed by atoms with Gasteiger partial charge in [-0.2, -0.15) is 0 Å². The molecule has 0 spiro atoms. The summed E-state index contributed by atoms with van der Waals surface area (Å²) in [6, 6.07) is 3.91. The van der Waals surface area contributed by atoms with Crippen molar-refractivity contribution in [1.82, 2.24) is 0 Å². The molecular formula is C14H19ClN2O3. The third-order valence-electron chi connectivity index (χ3n) is 2.85. The van der Waals surface area contributed by atoms with Crippen LogP contribution in [0.2, 0.25) is 5.02 Å². The second-order valence-corrected chi connectivity index (χ2v) is 5.93. The van der Waals surface area contributed by atoms with Gasteiger partial charge < -0.3 is 15.8 Å². The SMILES string of the molecule is COC(=O)c1cc(NC(=O)C(N)C(C)(C)C)ccc1Cl. The zero-order chi connectivity index (χ0) is 15.5. The number of carbonyl (C=O) groups excluding carboxylic acids is 2. The number of esters is 1. The maximum absolute atomic E-state index is 12.0. The van der Waals surface area contributed by atoms with E-state index in [1.54, 1.807) is 6.07 Å². The third-order valence-corrected chi connectivity index (χ3v) is 3.18. The molecule has 110 valence electrons. The summed E-state index contributed by atoms with van der Waals surface area (Å²) in [5.41, 5.74) is 6.14. The number of benzene rings is 1. The van der Waals surface area contributed by atoms with Crippen LogP contribution in [-0.2, 0) is 9.53 Å². The second kappa shape index (κ2) is 6.24. The van der Waals surface area contributed by atoms with Crippen molar-refractivity contribution in [3.63, 3.8) is 0 Å². The molecule has 0 bridgehead atoms. The standard InChI is InChI=1S/C14H19ClN2O3/c1-14(2,3)11(16)12(18)17-8-5-6-10(15)9(7-8)13(19)20-4/h5-7,11H,16H2,1-4H3,(H,17,18). The Bertz CT molecular complexity index is 524. The largest absolute Gasteiger partial charge is 0.465 e. The molecule has 0 saturated heterocycles. The van der Waals surface area contributed by atoms with E-state index in [9.17, 15) is 9.59 Å². The van der Waals surface area contributed by atoms with Crippen molar-refractivity contribution in [1.29, 1.82) is 0 Å². The monoisotopic (exact) mass is 298 g/mol. The number of ether oxygens (including phenoxy) is 1. The summed E-state index contributed by atoms with van der Waals surface area (Å²) < 4.78 is 4.62. The molecule has 1 aromatic rings. The van der Waals surface area contributed by atoms with E-state index in [4.69, 9.17) is 17.3 Å². The quantitative estimate of drug-likeness (QED) is 0.840. The molecule has 1 unspecified atom stereocenters. The average Bonchev–Trinajstić information content (AvgIpc) is 2.38. The van der Waals surface area contributed by atoms with Crippen LogP contribution in [0.3, 0.4) is 0 Å². The molecular weight excluding hydrogens is 280 g/mol. The smallest absolute Gasteiger partial charge is 0.339 e. The van der Waals surface area contributed by atoms with Gasteiger partial charge in [0.1, 0.15) is 0 Å². The van der Waals surface area contributed by atoms with Gasteiger partial charge in [0.05, 0.1) is 23.7 Å². The molecule has 1 aromatic carbocycles. The van der Waals surface area contributed by atoms with Crippen molar-refractivity contribution in [2.75, 3.05) is 12.4 Å². The fraction of sp³-hybridized carbons (Fsp3) is 0.429. The Morgan fingerprint density at radius 3 is 2.45 bits per heavy atom. The lowest BCUT2D eigenvalue weighted by Crippen LogP contribution is -2.45. The molecule has 0 saturated carbocycles. The molecule has 0 aliphatic rings. The Morgan fingerprint density at radius 2 is 1.95 bits per heavy atom. The van der Waals surface area contributed by atoms with Gasteiger partial charge in [-0.15, -0.1) is 0 Å². The molecule has 0 aromatic heterocycles. The second-order valence-electron chi connectivity index (χ2n) is 5.52. The van der Waals surface area contributed by atoms with Gasteiger partial charge in [-0.3, -0.25) is 4.79 Å². The first kappa shape index (κ1) is 16.5. The van der Waals surface area contributed by atoms with Gasteiger partial charge in [0.25, 0.3) is 0 Å². The fourth-order valence-corrected chi connectivity index (χ4v) is 1.68. The van der Waals surface area contributed by atoms with Crippen LogP contribution in [0.5, 0.6) is 0 Å². The molecule has 1 amide bonds. The topological polar surface area (TPSA) is 81.4 Å². The van der Waals surface area contributed by atoms with Gasteiger partial charge in [0.2, 0.25) is 5.91 Å². The molecule has 1 rings (SSSR count). The number of rotatable bonds is 3. The van der Waals surface area contributed by atoms with Crippen LogP contribution >= 0.6 is 11.6 Å². The first-order valence-corrected chi connectivity index (χ1v) is 6.49. The molecule has 5 nitrogen and oxygen atoms in total. The van der Waals surface area contributed by atoms with Crippen molar-refractivity contribution in [3.05, 3.63) is 28.8 Å². The minimum atomic E-state index is -0.667. The molecule has 0 aliphatic carbocycles. The molecule has 3 N–H and O–H groups in total. The van der Waals surface area contributed by atoms with Crippen molar-refractivity contribution in [3.8, 4) is 0 Å². The zero-order valence-corrected chi connectivity index (χ0v) is 12.7. The predicted octanol–water partition coefficient (Wildman–Crippen LogP) is 2.44. The number of carbonyl (C=O) groups is 2. The lowest BCUT2D eigenvalue weighted by atomic mass is 9.87. The van der Waals surface area contributed by atoms with Gasteiger partial charge in [-0.05, 0) is 23.6 Å². The molecule has 0 aliphatic heterocycles. The summed E-state index contributed by atoms with van der Waals surface area (Å²) in [7, 11) is 1.26. The first-order chi connectivity index (χ1) is 9.16. The van der Waals surface area contributed by atoms with Gasteiger partial charge in [0.15, 0.2) is 0 Å². The number of nitrogens with one attached hydrogen (secondary N) is 1. The van der Waals surface area contributed by atoms with Gasteiger partial charge in [-0.25, -0.2) is 4.79 Å². The summed E-state index contributed by atoms with van der Waals surface area (Å²) in [5.74, 6) is -0.887. The van der Waals surface area contributed by atoms with Crippen molar-refractivity contribution < 1.29 is 14.3 Å². The number of nitrogens with two attached hydrogens (primary N) is 1. The Hall–Kier alpha value is -1.59. The lowest BCUT2D eigenvalue weighted by Gasteiger charge is -2.25. The number of hydrogen-bond donors (Lipinski definition) is 2. The Labute approximate surface area is 123 Å². The summed E-state index contributed by atoms with van der Waals surface area (Å²) >= 11 is 5.90. The van der Waals surface area contributed by atoms with Gasteiger partial charge in [-0.1, -0.05) is 32.4 Å². The highest BCUT2D eigenvalue weighted by molar-refractivity contribution is 6.33. The van der Waals surface area contributed by atoms with Crippen molar-refractivity contribution in [2.24, 2.45) is 11.1 Å². The number of amides is 1. The number of anilines is 1. The Balaban J connectivity index is 2.94. The molecule has 0 fully saturated rings. The van der Waals surface area contributed by atoms with E-state index < -0.39 is 12.0 Å². The van der Waals surface area contributed by atoms with E-state index in [0.717, 1.165) is 0 Å². The van der Waals surface area contributed by atoms with E-state index in [1.807, 2.05) is 20.8 Å². The fourth-order valence-electron chi connectivity index (χ4n) is 1.48. The summed E-state index contributed by atoms with van der Waals surface area (Å²) in [5, 5.41) is 2.92. The molecule has 0 heterocycles. The summed E-state index contributed by atoms with van der Waals surface area (Å²) in [6.07, 6.45) is 0. The van der Waals surface area contributed by atoms with E-state index in [2.05, 4.69) is 10.1 Å². The van der Waals surface area contributed by atoms with Crippen molar-refractivity contribution in [2.45, 2.75) is 26.8 Å². The third kappa shape index (κ3) is 3.95. The maximum atomic E-state index is 12.0. The van der Waals surface area contributed by atoms with Crippen LogP contribution in [0.25, 0.3) is 0 Å². The number of halogens is 1. The van der Waals surface area contributed by atoms with E-state index >= 15 is 0 Å². The Morgan fingerprint density at radius 1 is 1.35 bits per heavy atom. The van der Waals surface area contributed by atoms with Crippen LogP contribution < -0.4 is 11.1 Å². The van der Waals surface area contributed by atoms with E-state index in [1.165, 1.54) is 19.2 Å². The number of hydrogen-bond acceptors (Lipinski definition) is 4. The number of methoxy groups -OCH3 is 1. The van der Waals surface area contributed by atoms with Crippen molar-refractivity contribution >= 4 is 29.2 Å². The van der Waals surface area contributed by atoms with Crippen LogP contribution in [0.15, 0.2) is 18.2 Å². The average molecular weight is 299 g/mol. The minimum Gasteiger partial charge on any atom is -0.465 e. The van der Waals surface area contributed by atoms with Crippen LogP contribution in [0.4, 0.5) is 5.69 Å². The highest BCUT2D eigenvalue weighted by Crippen LogP contribution is 2.23. The highest BCUT2D eigenvalue weighted by atomic mass is 35.5. The van der Waals surface area contributed by atoms with Crippen LogP contribution in [0.1, 0.15) is 31.1 Å². The lowest BCUT2D eigenvalue weighted by molar-refractivity contribution is -0.119. The zero-order valence-electron chi connectivity index (χ0n) is 12.0. The maximum Gasteiger partial charge on any atom is 0.339 e. The Kier molecular flexibility index (Phi) is 5.14. The normalized spacial score (nSPS) is 12.7. The first-order valence-electron chi connectivity index (χ1n) is 6.11. The molecule has 0 radical (unpaired) electrons. The van der Waals surface area contributed by atoms with E-state index in [0.29, 0.717) is 5.69 Å². The van der Waals surface area contributed by atoms with E-state index in [-0.39, 0.29) is 21.9 Å². The highest BCUT2D eigenvalue weighted by Gasteiger charge is 2.27. The van der Waals surface area contributed by atoms with Crippen LogP contribution in [-0.4, -0.2) is 25.0 Å².